The van der Waals surface area contributed by atoms with Crippen molar-refractivity contribution in [3.05, 3.63) is 97.2 Å². The smallest absolute Gasteiger partial charge is 0.389 e. The highest BCUT2D eigenvalue weighted by atomic mass is 31.2. The quantitative estimate of drug-likeness (QED) is 0.0166. The molecule has 0 radical (unpaired) electrons. The highest BCUT2D eigenvalue weighted by molar-refractivity contribution is 7.47. The molecule has 0 aromatic carbocycles. The van der Waals surface area contributed by atoms with Gasteiger partial charge in [0.2, 0.25) is 5.91 Å². The van der Waals surface area contributed by atoms with Gasteiger partial charge in [-0.25, -0.2) is 4.57 Å². The highest BCUT2D eigenvalue weighted by Crippen LogP contribution is 2.43. The third-order valence-corrected chi connectivity index (χ3v) is 9.34. The number of phosphoric ester groups is 1. The van der Waals surface area contributed by atoms with Crippen molar-refractivity contribution in [1.82, 2.24) is 5.32 Å². The van der Waals surface area contributed by atoms with Gasteiger partial charge < -0.3 is 24.9 Å². The summed E-state index contributed by atoms with van der Waals surface area (Å²) in [5.41, 5.74) is 0. The van der Waals surface area contributed by atoms with Crippen molar-refractivity contribution >= 4 is 13.7 Å². The Bertz CT molecular complexity index is 1230. The third kappa shape index (κ3) is 38.1. The van der Waals surface area contributed by atoms with Crippen LogP contribution in [-0.2, 0) is 18.4 Å². The number of phosphoric acid groups is 1. The van der Waals surface area contributed by atoms with Crippen molar-refractivity contribution in [2.45, 2.75) is 141 Å². The third-order valence-electron chi connectivity index (χ3n) is 8.35. The van der Waals surface area contributed by atoms with Crippen LogP contribution in [0.25, 0.3) is 0 Å². The van der Waals surface area contributed by atoms with Crippen LogP contribution in [0.15, 0.2) is 97.2 Å². The molecule has 314 valence electrons. The molecule has 2 unspecified atom stereocenters. The van der Waals surface area contributed by atoms with E-state index in [9.17, 15) is 24.5 Å². The van der Waals surface area contributed by atoms with E-state index in [4.69, 9.17) is 9.05 Å². The lowest BCUT2D eigenvalue weighted by Crippen LogP contribution is -2.45. The number of hydrogen-bond acceptors (Lipinski definition) is 6. The topological polar surface area (TPSA) is 125 Å². The first kappa shape index (κ1) is 52.4. The van der Waals surface area contributed by atoms with E-state index in [2.05, 4.69) is 67.8 Å². The molecule has 0 bridgehead atoms. The SMILES string of the molecule is CC/C=C\C/C=C\C/C=C\C/C=C\C=C/C(O)C/C=C\CCC(=O)N[C@@H](COP(=O)(O)OCC[N+](C)(C)C)[C@H](O)/C=C/CCCCCCCC/C=C\CCC. The molecule has 9 nitrogen and oxygen atoms in total. The molecular weight excluding hydrogens is 711 g/mol. The van der Waals surface area contributed by atoms with Gasteiger partial charge in [-0.1, -0.05) is 143 Å². The number of carbonyl (C=O) groups is 1. The van der Waals surface area contributed by atoms with Gasteiger partial charge in [0.15, 0.2) is 0 Å². The first-order valence-corrected chi connectivity index (χ1v) is 22.2. The summed E-state index contributed by atoms with van der Waals surface area (Å²) in [7, 11) is 1.44. The maximum absolute atomic E-state index is 12.8. The normalized spacial score (nSPS) is 16.0. The second-order valence-corrected chi connectivity index (χ2v) is 16.3. The Morgan fingerprint density at radius 2 is 1.27 bits per heavy atom. The number of hydrogen-bond donors (Lipinski definition) is 4. The van der Waals surface area contributed by atoms with Crippen LogP contribution in [0.5, 0.6) is 0 Å². The van der Waals surface area contributed by atoms with E-state index in [1.807, 2.05) is 57.6 Å². The molecule has 55 heavy (non-hydrogen) atoms. The minimum Gasteiger partial charge on any atom is -0.389 e. The molecule has 0 saturated carbocycles. The van der Waals surface area contributed by atoms with E-state index < -0.39 is 32.7 Å². The van der Waals surface area contributed by atoms with Crippen LogP contribution in [-0.4, -0.2) is 84.6 Å². The van der Waals surface area contributed by atoms with Crippen LogP contribution in [0.4, 0.5) is 0 Å². The fourth-order valence-corrected chi connectivity index (χ4v) is 5.77. The molecule has 0 saturated heterocycles. The van der Waals surface area contributed by atoms with E-state index >= 15 is 0 Å². The molecule has 4 atom stereocenters. The number of carbonyl (C=O) groups excluding carboxylic acids is 1. The highest BCUT2D eigenvalue weighted by Gasteiger charge is 2.27. The van der Waals surface area contributed by atoms with Crippen LogP contribution >= 0.6 is 7.82 Å². The summed E-state index contributed by atoms with van der Waals surface area (Å²) in [4.78, 5) is 23.0. The lowest BCUT2D eigenvalue weighted by molar-refractivity contribution is -0.870. The Hall–Kier alpha value is -2.62. The molecule has 1 amide bonds. The molecule has 0 heterocycles. The summed E-state index contributed by atoms with van der Waals surface area (Å²) < 4.78 is 23.4. The zero-order valence-electron chi connectivity index (χ0n) is 35.0. The first-order valence-electron chi connectivity index (χ1n) is 20.7. The molecule has 0 aromatic heterocycles. The number of nitrogens with zero attached hydrogens (tertiary/aromatic N) is 1. The predicted molar refractivity (Wildman–Crippen MR) is 232 cm³/mol. The van der Waals surface area contributed by atoms with E-state index in [-0.39, 0.29) is 18.9 Å². The number of amides is 1. The van der Waals surface area contributed by atoms with Gasteiger partial charge in [0.1, 0.15) is 13.2 Å². The first-order chi connectivity index (χ1) is 26.4. The standard InChI is InChI=1S/C45H77N2O7P/c1-6-8-10-12-14-16-18-20-22-24-26-28-31-35-42(48)36-32-30-34-38-45(50)46-43(41-54-55(51,52)53-40-39-47(3,4)5)44(49)37-33-29-27-25-23-21-19-17-15-13-11-9-7-2/h8,10-11,13-14,16,20,22,26,28,30-33,35,37,42-44,48-49H,6-7,9,12,15,17-19,21,23-25,27,29,34,36,38-41H2,1-5H3,(H-,46,50,51,52)/p+1/b10-8-,13-11-,16-14-,22-20-,28-26-,32-30-,35-31-,37-33+/t42?,43-,44+/m0/s1. The summed E-state index contributed by atoms with van der Waals surface area (Å²) >= 11 is 0. The summed E-state index contributed by atoms with van der Waals surface area (Å²) in [5.74, 6) is -0.329. The number of nitrogens with one attached hydrogen (secondary N) is 1. The van der Waals surface area contributed by atoms with Crippen LogP contribution in [0.1, 0.15) is 123 Å². The van der Waals surface area contributed by atoms with Gasteiger partial charge in [-0.05, 0) is 70.6 Å². The molecule has 10 heteroatoms. The maximum Gasteiger partial charge on any atom is 0.472 e. The Morgan fingerprint density at radius 3 is 1.91 bits per heavy atom. The molecule has 0 aliphatic carbocycles. The molecule has 0 rings (SSSR count). The van der Waals surface area contributed by atoms with Crippen LogP contribution in [0, 0.1) is 0 Å². The summed E-state index contributed by atoms with van der Waals surface area (Å²) in [6, 6.07) is -0.938. The summed E-state index contributed by atoms with van der Waals surface area (Å²) in [6.45, 7) is 4.45. The Kier molecular flexibility index (Phi) is 34.1. The molecule has 0 aromatic rings. The number of allylic oxidation sites excluding steroid dienone is 13. The molecular formula is C45H78N2O7P+. The summed E-state index contributed by atoms with van der Waals surface area (Å²) in [5, 5.41) is 23.9. The minimum absolute atomic E-state index is 0.0218. The number of rotatable bonds is 35. The van der Waals surface area contributed by atoms with E-state index in [1.165, 1.54) is 32.1 Å². The number of unbranched alkanes of at least 4 members (excludes halogenated alkanes) is 8. The Morgan fingerprint density at radius 1 is 0.691 bits per heavy atom. The number of aliphatic hydroxyl groups is 2. The van der Waals surface area contributed by atoms with Crippen molar-refractivity contribution in [2.24, 2.45) is 0 Å². The van der Waals surface area contributed by atoms with Gasteiger partial charge in [-0.3, -0.25) is 13.8 Å². The number of aliphatic hydroxyl groups excluding tert-OH is 2. The van der Waals surface area contributed by atoms with Crippen LogP contribution in [0.2, 0.25) is 0 Å². The van der Waals surface area contributed by atoms with Crippen molar-refractivity contribution in [3.8, 4) is 0 Å². The maximum atomic E-state index is 12.8. The fraction of sp³-hybridized carbons (Fsp3) is 0.622. The van der Waals surface area contributed by atoms with Gasteiger partial charge in [0.05, 0.1) is 46.0 Å². The van der Waals surface area contributed by atoms with Gasteiger partial charge >= 0.3 is 7.82 Å². The monoisotopic (exact) mass is 790 g/mol. The summed E-state index contributed by atoms with van der Waals surface area (Å²) in [6.07, 6.45) is 46.5. The largest absolute Gasteiger partial charge is 0.472 e. The Balaban J connectivity index is 4.75. The minimum atomic E-state index is -4.39. The van der Waals surface area contributed by atoms with Gasteiger partial charge in [-0.2, -0.15) is 0 Å². The zero-order chi connectivity index (χ0) is 40.9. The molecule has 0 aliphatic heterocycles. The molecule has 4 N–H and O–H groups in total. The van der Waals surface area contributed by atoms with Crippen molar-refractivity contribution < 1.29 is 38.0 Å². The number of quaternary nitrogens is 1. The average Bonchev–Trinajstić information content (AvgIpc) is 3.13. The molecule has 0 aliphatic rings. The average molecular weight is 790 g/mol. The zero-order valence-corrected chi connectivity index (χ0v) is 35.9. The lowest BCUT2D eigenvalue weighted by atomic mass is 10.1. The predicted octanol–water partition coefficient (Wildman–Crippen LogP) is 10.2. The second kappa shape index (κ2) is 35.8. The molecule has 0 fully saturated rings. The van der Waals surface area contributed by atoms with Crippen molar-refractivity contribution in [2.75, 3.05) is 40.9 Å². The van der Waals surface area contributed by atoms with Crippen LogP contribution in [0.3, 0.4) is 0 Å². The Labute approximate surface area is 335 Å². The fourth-order valence-electron chi connectivity index (χ4n) is 5.03. The molecule has 0 spiro atoms. The van der Waals surface area contributed by atoms with Gasteiger partial charge in [0.25, 0.3) is 0 Å². The number of likely N-dealkylation sites (N-methyl/N-ethyl adjacent to an activating group) is 1. The van der Waals surface area contributed by atoms with Gasteiger partial charge in [0, 0.05) is 6.42 Å². The second-order valence-electron chi connectivity index (χ2n) is 14.8. The lowest BCUT2D eigenvalue weighted by Gasteiger charge is -2.25. The van der Waals surface area contributed by atoms with E-state index in [0.29, 0.717) is 23.9 Å². The van der Waals surface area contributed by atoms with Gasteiger partial charge in [-0.15, -0.1) is 0 Å². The van der Waals surface area contributed by atoms with Crippen molar-refractivity contribution in [1.29, 1.82) is 0 Å². The van der Waals surface area contributed by atoms with E-state index in [0.717, 1.165) is 57.8 Å². The van der Waals surface area contributed by atoms with Crippen molar-refractivity contribution in [3.63, 3.8) is 0 Å². The van der Waals surface area contributed by atoms with Crippen LogP contribution < -0.4 is 5.32 Å². The van der Waals surface area contributed by atoms with E-state index in [1.54, 1.807) is 12.2 Å².